The molecule has 0 saturated heterocycles. The lowest BCUT2D eigenvalue weighted by Gasteiger charge is -2.21. The van der Waals surface area contributed by atoms with Crippen LogP contribution in [0.25, 0.3) is 0 Å². The van der Waals surface area contributed by atoms with Crippen LogP contribution in [0.1, 0.15) is 445 Å². The summed E-state index contributed by atoms with van der Waals surface area (Å²) >= 11 is 0. The van der Waals surface area contributed by atoms with Crippen molar-refractivity contribution >= 4 is 33.6 Å². The zero-order valence-electron chi connectivity index (χ0n) is 74.0. The summed E-state index contributed by atoms with van der Waals surface area (Å²) in [6.45, 7) is 2.72. The number of aliphatic hydroxyl groups excluding tert-OH is 2. The van der Waals surface area contributed by atoms with Crippen LogP contribution in [0.15, 0.2) is 97.2 Å². The normalized spacial score (nSPS) is 14.2. The number of rotatable bonds is 91. The molecule has 16 nitrogen and oxygen atoms in total. The fourth-order valence-corrected chi connectivity index (χ4v) is 15.1. The SMILES string of the molecule is CCCCC/C=C\C/C=C\C/C=C\C/C=C\CCCCCCCCCCCCCCCCCCCC(=O)OCC(O)COP(=O)(O)OCC(O)COP(=O)(O)OCC(COC(=O)CCCCCCCCCCCCCCCCC/C=C\C/C=C\C/C=C\C/C=C\CCCCC)OC(=O)CCCCCCCCCCCCCCCCC. The van der Waals surface area contributed by atoms with Gasteiger partial charge in [-0.3, -0.25) is 32.5 Å². The number of esters is 3. The Kier molecular flexibility index (Phi) is 87.0. The van der Waals surface area contributed by atoms with E-state index in [1.54, 1.807) is 0 Å². The second-order valence-corrected chi connectivity index (χ2v) is 35.1. The Morgan fingerprint density at radius 2 is 0.435 bits per heavy atom. The highest BCUT2D eigenvalue weighted by Crippen LogP contribution is 2.45. The first-order valence-electron chi connectivity index (χ1n) is 47.5. The topological polar surface area (TPSA) is 231 Å². The number of hydrogen-bond donors (Lipinski definition) is 4. The van der Waals surface area contributed by atoms with Gasteiger partial charge in [0.25, 0.3) is 0 Å². The molecule has 0 aliphatic rings. The van der Waals surface area contributed by atoms with Gasteiger partial charge < -0.3 is 34.2 Å². The van der Waals surface area contributed by atoms with E-state index in [1.807, 2.05) is 0 Å². The molecule has 0 aromatic rings. The Labute approximate surface area is 705 Å². The van der Waals surface area contributed by atoms with Crippen molar-refractivity contribution in [3.8, 4) is 0 Å². The minimum Gasteiger partial charge on any atom is -0.463 e. The van der Waals surface area contributed by atoms with Crippen LogP contribution in [0.5, 0.6) is 0 Å². The lowest BCUT2D eigenvalue weighted by atomic mass is 10.0. The largest absolute Gasteiger partial charge is 0.472 e. The highest BCUT2D eigenvalue weighted by Gasteiger charge is 2.30. The summed E-state index contributed by atoms with van der Waals surface area (Å²) in [7, 11) is -9.79. The van der Waals surface area contributed by atoms with E-state index in [0.717, 1.165) is 103 Å². The first kappa shape index (κ1) is 111. The first-order valence-corrected chi connectivity index (χ1v) is 50.5. The molecule has 0 fully saturated rings. The number of carbonyl (C=O) groups is 3. The molecule has 4 N–H and O–H groups in total. The molecule has 0 bridgehead atoms. The smallest absolute Gasteiger partial charge is 0.463 e. The summed E-state index contributed by atoms with van der Waals surface area (Å²) in [4.78, 5) is 58.9. The molecule has 0 aromatic heterocycles. The molecule has 0 spiro atoms. The number of phosphoric ester groups is 2. The summed E-state index contributed by atoms with van der Waals surface area (Å²) < 4.78 is 61.5. The van der Waals surface area contributed by atoms with E-state index in [0.29, 0.717) is 19.3 Å². The fourth-order valence-electron chi connectivity index (χ4n) is 13.5. The van der Waals surface area contributed by atoms with Gasteiger partial charge in [0, 0.05) is 19.3 Å². The van der Waals surface area contributed by atoms with Crippen LogP contribution in [0.2, 0.25) is 0 Å². The molecular formula is C97H176O16P2. The number of ether oxygens (including phenoxy) is 3. The lowest BCUT2D eigenvalue weighted by molar-refractivity contribution is -0.161. The summed E-state index contributed by atoms with van der Waals surface area (Å²) in [6.07, 6.45) is 108. The Morgan fingerprint density at radius 3 is 0.704 bits per heavy atom. The summed E-state index contributed by atoms with van der Waals surface area (Å²) in [6, 6.07) is 0. The molecule has 0 aliphatic carbocycles. The highest BCUT2D eigenvalue weighted by molar-refractivity contribution is 7.47. The summed E-state index contributed by atoms with van der Waals surface area (Å²) in [5.41, 5.74) is 0. The molecule has 115 heavy (non-hydrogen) atoms. The van der Waals surface area contributed by atoms with Crippen molar-refractivity contribution in [2.45, 2.75) is 463 Å². The average Bonchev–Trinajstić information content (AvgIpc) is 0.898. The molecule has 0 aromatic carbocycles. The Bertz CT molecular complexity index is 2470. The quantitative estimate of drug-likeness (QED) is 0.0146. The fraction of sp³-hybridized carbons (Fsp3) is 0.804. The van der Waals surface area contributed by atoms with Crippen LogP contribution in [0, 0.1) is 0 Å². The third-order valence-corrected chi connectivity index (χ3v) is 22.7. The number of unbranched alkanes of at least 4 members (excludes halogenated alkanes) is 52. The predicted molar refractivity (Wildman–Crippen MR) is 482 cm³/mol. The average molecular weight is 1660 g/mol. The lowest BCUT2D eigenvalue weighted by Crippen LogP contribution is -2.30. The number of aliphatic hydroxyl groups is 2. The Hall–Kier alpha value is -3.53. The zero-order chi connectivity index (χ0) is 83.6. The second-order valence-electron chi connectivity index (χ2n) is 32.2. The van der Waals surface area contributed by atoms with E-state index >= 15 is 0 Å². The monoisotopic (exact) mass is 1660 g/mol. The number of carbonyl (C=O) groups excluding carboxylic acids is 3. The molecule has 0 heterocycles. The van der Waals surface area contributed by atoms with E-state index in [-0.39, 0.29) is 19.3 Å². The van der Waals surface area contributed by atoms with Gasteiger partial charge in [-0.1, -0.05) is 413 Å². The molecule has 0 radical (unpaired) electrons. The van der Waals surface area contributed by atoms with Gasteiger partial charge in [-0.05, 0) is 109 Å². The van der Waals surface area contributed by atoms with E-state index in [1.165, 1.54) is 283 Å². The van der Waals surface area contributed by atoms with Crippen molar-refractivity contribution in [1.82, 2.24) is 0 Å². The van der Waals surface area contributed by atoms with E-state index < -0.39 is 91.5 Å². The van der Waals surface area contributed by atoms with Crippen LogP contribution >= 0.6 is 15.6 Å². The van der Waals surface area contributed by atoms with Gasteiger partial charge in [-0.2, -0.15) is 0 Å². The van der Waals surface area contributed by atoms with Crippen molar-refractivity contribution in [1.29, 1.82) is 0 Å². The molecule has 0 saturated carbocycles. The molecule has 0 aliphatic heterocycles. The van der Waals surface area contributed by atoms with Crippen LogP contribution in [0.4, 0.5) is 0 Å². The second kappa shape index (κ2) is 89.7. The van der Waals surface area contributed by atoms with Crippen molar-refractivity contribution in [2.75, 3.05) is 39.6 Å². The number of phosphoric acid groups is 2. The van der Waals surface area contributed by atoms with Gasteiger partial charge in [0.1, 0.15) is 25.4 Å². The third-order valence-electron chi connectivity index (χ3n) is 20.8. The Morgan fingerprint density at radius 1 is 0.243 bits per heavy atom. The Balaban J connectivity index is 4.42. The van der Waals surface area contributed by atoms with Crippen LogP contribution in [0.3, 0.4) is 0 Å². The maximum Gasteiger partial charge on any atom is 0.472 e. The van der Waals surface area contributed by atoms with Gasteiger partial charge in [-0.15, -0.1) is 0 Å². The molecular weight excluding hydrogens is 1480 g/mol. The van der Waals surface area contributed by atoms with Crippen molar-refractivity contribution in [2.24, 2.45) is 0 Å². The van der Waals surface area contributed by atoms with Crippen molar-refractivity contribution in [3.05, 3.63) is 97.2 Å². The molecule has 5 atom stereocenters. The minimum absolute atomic E-state index is 0.111. The van der Waals surface area contributed by atoms with Gasteiger partial charge in [-0.25, -0.2) is 9.13 Å². The zero-order valence-corrected chi connectivity index (χ0v) is 75.8. The van der Waals surface area contributed by atoms with Crippen LogP contribution in [-0.4, -0.2) is 95.9 Å². The van der Waals surface area contributed by atoms with E-state index in [4.69, 9.17) is 32.3 Å². The van der Waals surface area contributed by atoms with Gasteiger partial charge in [0.15, 0.2) is 6.10 Å². The molecule has 0 rings (SSSR count). The minimum atomic E-state index is -4.93. The number of hydrogen-bond acceptors (Lipinski definition) is 14. The van der Waals surface area contributed by atoms with Crippen LogP contribution in [-0.2, 0) is 55.8 Å². The standard InChI is InChI=1S/C97H176O16P2/c1-4-7-10-13-16-19-22-25-28-30-32-34-36-38-40-42-44-45-47-49-50-52-54-56-58-60-63-65-68-71-74-77-80-83-95(100)107-86-92(98)87-109-114(103,104)110-88-93(99)89-111-115(105,106)112-91-94(113-97(102)85-82-79-76-73-70-67-62-27-24-21-18-15-12-9-6-3)90-108-96(101)84-81-78-75-72-69-66-64-61-59-57-55-53-51-48-46-43-41-39-37-35-33-31-29-26-23-20-17-14-11-8-5-2/h16-17,19-20,25-26,28-29,32-35,38-41,92-94,98-99H,4-15,18,21-24,27,30-31,36-37,42-91H2,1-3H3,(H,103,104)(H,105,106)/b19-16-,20-17-,28-25-,29-26-,34-32-,35-33-,40-38-,41-39-. The summed E-state index contributed by atoms with van der Waals surface area (Å²) in [5.74, 6) is -1.54. The van der Waals surface area contributed by atoms with Gasteiger partial charge in [0.2, 0.25) is 0 Å². The molecule has 0 amide bonds. The van der Waals surface area contributed by atoms with Crippen molar-refractivity contribution < 1.29 is 75.8 Å². The summed E-state index contributed by atoms with van der Waals surface area (Å²) in [5, 5.41) is 20.7. The predicted octanol–water partition coefficient (Wildman–Crippen LogP) is 29.2. The maximum absolute atomic E-state index is 13.0. The van der Waals surface area contributed by atoms with Crippen LogP contribution < -0.4 is 0 Å². The molecule has 5 unspecified atom stereocenters. The molecule has 670 valence electrons. The van der Waals surface area contributed by atoms with Crippen molar-refractivity contribution in [3.63, 3.8) is 0 Å². The first-order chi connectivity index (χ1) is 56.2. The van der Waals surface area contributed by atoms with E-state index in [9.17, 15) is 43.5 Å². The maximum atomic E-state index is 13.0. The molecule has 18 heteroatoms. The van der Waals surface area contributed by atoms with Gasteiger partial charge >= 0.3 is 33.6 Å². The highest BCUT2D eigenvalue weighted by atomic mass is 31.2. The van der Waals surface area contributed by atoms with Gasteiger partial charge in [0.05, 0.1) is 26.4 Å². The number of allylic oxidation sites excluding steroid dienone is 16. The third kappa shape index (κ3) is 91.1. The van der Waals surface area contributed by atoms with E-state index in [2.05, 4.69) is 118 Å².